The van der Waals surface area contributed by atoms with Crippen LogP contribution in [0.4, 0.5) is 0 Å². The Morgan fingerprint density at radius 2 is 2.09 bits per heavy atom. The van der Waals surface area contributed by atoms with Crippen LogP contribution in [0.25, 0.3) is 0 Å². The average Bonchev–Trinajstić information content (AvgIpc) is 2.94. The lowest BCUT2D eigenvalue weighted by atomic mass is 9.75. The van der Waals surface area contributed by atoms with Gasteiger partial charge in [-0.1, -0.05) is 52.8 Å². The Hall–Kier alpha value is -1.04. The monoisotopic (exact) mass is 339 g/mol. The maximum atomic E-state index is 12.2. The Bertz CT molecular complexity index is 516. The van der Waals surface area contributed by atoms with E-state index in [1.165, 1.54) is 18.2 Å². The average molecular weight is 340 g/mol. The maximum Gasteiger partial charge on any atom is 0.316 e. The largest absolute Gasteiger partial charge is 0.461 e. The smallest absolute Gasteiger partial charge is 0.316 e. The number of aromatic nitrogens is 3. The Labute approximate surface area is 143 Å². The number of hydrogen-bond acceptors (Lipinski definition) is 5. The number of H-pyrrole nitrogens is 1. The van der Waals surface area contributed by atoms with E-state index in [0.717, 1.165) is 18.7 Å². The molecule has 0 spiro atoms. The first-order valence-corrected chi connectivity index (χ1v) is 9.60. The molecule has 0 amide bonds. The Morgan fingerprint density at radius 3 is 2.70 bits per heavy atom. The molecule has 1 fully saturated rings. The third-order valence-corrected chi connectivity index (χ3v) is 5.41. The molecule has 5 nitrogen and oxygen atoms in total. The van der Waals surface area contributed by atoms with Gasteiger partial charge < -0.3 is 4.74 Å². The van der Waals surface area contributed by atoms with E-state index < -0.39 is 0 Å². The van der Waals surface area contributed by atoms with Crippen molar-refractivity contribution < 1.29 is 9.53 Å². The summed E-state index contributed by atoms with van der Waals surface area (Å²) in [5, 5.41) is 7.65. The second-order valence-electron chi connectivity index (χ2n) is 7.30. The normalized spacial score (nSPS) is 25.1. The van der Waals surface area contributed by atoms with Gasteiger partial charge in [-0.2, -0.15) is 0 Å². The highest BCUT2D eigenvalue weighted by Gasteiger charge is 2.33. The number of thioether (sulfide) groups is 1. The van der Waals surface area contributed by atoms with Crippen molar-refractivity contribution in [2.45, 2.75) is 71.1 Å². The molecule has 1 aliphatic carbocycles. The van der Waals surface area contributed by atoms with Gasteiger partial charge in [-0.05, 0) is 30.6 Å². The van der Waals surface area contributed by atoms with Crippen LogP contribution >= 0.6 is 11.8 Å². The SMILES string of the molecule is CC1CCC(C(C)C)C(OC(=O)CSc2n[nH]c(C(C)C)n2)C1. The summed E-state index contributed by atoms with van der Waals surface area (Å²) in [5.74, 6) is 2.94. The molecule has 6 heteroatoms. The molecule has 2 rings (SSSR count). The first-order valence-electron chi connectivity index (χ1n) is 8.61. The number of rotatable bonds is 6. The number of carbonyl (C=O) groups is 1. The van der Waals surface area contributed by atoms with E-state index in [-0.39, 0.29) is 17.8 Å². The fraction of sp³-hybridized carbons (Fsp3) is 0.824. The van der Waals surface area contributed by atoms with E-state index in [2.05, 4.69) is 49.8 Å². The Balaban J connectivity index is 1.84. The van der Waals surface area contributed by atoms with E-state index in [1.54, 1.807) is 0 Å². The van der Waals surface area contributed by atoms with Crippen LogP contribution in [0.1, 0.15) is 65.6 Å². The van der Waals surface area contributed by atoms with Gasteiger partial charge in [0.05, 0.1) is 5.75 Å². The van der Waals surface area contributed by atoms with Crippen molar-refractivity contribution in [2.24, 2.45) is 17.8 Å². The lowest BCUT2D eigenvalue weighted by molar-refractivity contribution is -0.152. The Morgan fingerprint density at radius 1 is 1.35 bits per heavy atom. The molecular weight excluding hydrogens is 310 g/mol. The van der Waals surface area contributed by atoms with Crippen LogP contribution in [0.5, 0.6) is 0 Å². The molecule has 1 aromatic heterocycles. The van der Waals surface area contributed by atoms with E-state index in [0.29, 0.717) is 28.8 Å². The molecule has 0 aliphatic heterocycles. The summed E-state index contributed by atoms with van der Waals surface area (Å²) in [5.41, 5.74) is 0. The number of nitrogens with zero attached hydrogens (tertiary/aromatic N) is 2. The van der Waals surface area contributed by atoms with Crippen molar-refractivity contribution in [3.63, 3.8) is 0 Å². The summed E-state index contributed by atoms with van der Waals surface area (Å²) in [6, 6.07) is 0. The molecule has 130 valence electrons. The van der Waals surface area contributed by atoms with Crippen LogP contribution in [0.2, 0.25) is 0 Å². The van der Waals surface area contributed by atoms with Crippen LogP contribution in [0.3, 0.4) is 0 Å². The summed E-state index contributed by atoms with van der Waals surface area (Å²) >= 11 is 1.34. The van der Waals surface area contributed by atoms with E-state index in [4.69, 9.17) is 4.74 Å². The minimum Gasteiger partial charge on any atom is -0.461 e. The van der Waals surface area contributed by atoms with Crippen molar-refractivity contribution in [1.29, 1.82) is 0 Å². The number of carbonyl (C=O) groups excluding carboxylic acids is 1. The van der Waals surface area contributed by atoms with Crippen LogP contribution in [0.15, 0.2) is 5.16 Å². The summed E-state index contributed by atoms with van der Waals surface area (Å²) in [4.78, 5) is 16.6. The number of ether oxygens (including phenoxy) is 1. The Kier molecular flexibility index (Phi) is 6.50. The molecule has 0 saturated heterocycles. The van der Waals surface area contributed by atoms with Crippen LogP contribution in [0, 0.1) is 17.8 Å². The lowest BCUT2D eigenvalue weighted by Crippen LogP contribution is -2.36. The van der Waals surface area contributed by atoms with Gasteiger partial charge in [0.25, 0.3) is 0 Å². The van der Waals surface area contributed by atoms with Crippen molar-refractivity contribution >= 4 is 17.7 Å². The van der Waals surface area contributed by atoms with Gasteiger partial charge in [-0.3, -0.25) is 9.89 Å². The molecule has 0 radical (unpaired) electrons. The van der Waals surface area contributed by atoms with Crippen LogP contribution in [-0.4, -0.2) is 33.0 Å². The zero-order valence-corrected chi connectivity index (χ0v) is 15.7. The summed E-state index contributed by atoms with van der Waals surface area (Å²) in [7, 11) is 0. The molecule has 3 unspecified atom stereocenters. The predicted octanol–water partition coefficient (Wildman–Crippen LogP) is 4.02. The van der Waals surface area contributed by atoms with Gasteiger partial charge in [0.2, 0.25) is 5.16 Å². The lowest BCUT2D eigenvalue weighted by Gasteiger charge is -2.36. The molecule has 0 bridgehead atoms. The molecule has 23 heavy (non-hydrogen) atoms. The molecule has 1 aromatic rings. The quantitative estimate of drug-likeness (QED) is 0.626. The predicted molar refractivity (Wildman–Crippen MR) is 92.4 cm³/mol. The summed E-state index contributed by atoms with van der Waals surface area (Å²) in [6.45, 7) is 10.8. The minimum absolute atomic E-state index is 0.0604. The van der Waals surface area contributed by atoms with Crippen molar-refractivity contribution in [1.82, 2.24) is 15.2 Å². The van der Waals surface area contributed by atoms with E-state index in [9.17, 15) is 4.79 Å². The first-order chi connectivity index (χ1) is 10.9. The highest BCUT2D eigenvalue weighted by molar-refractivity contribution is 7.99. The zero-order chi connectivity index (χ0) is 17.0. The van der Waals surface area contributed by atoms with Gasteiger partial charge in [0.1, 0.15) is 11.9 Å². The molecule has 0 aromatic carbocycles. The summed E-state index contributed by atoms with van der Waals surface area (Å²) < 4.78 is 5.79. The van der Waals surface area contributed by atoms with Crippen molar-refractivity contribution in [2.75, 3.05) is 5.75 Å². The second-order valence-corrected chi connectivity index (χ2v) is 8.24. The molecule has 3 atom stereocenters. The maximum absolute atomic E-state index is 12.2. The van der Waals surface area contributed by atoms with Crippen molar-refractivity contribution in [3.8, 4) is 0 Å². The first kappa shape index (κ1) is 18.3. The zero-order valence-electron chi connectivity index (χ0n) is 14.8. The molecule has 1 aliphatic rings. The third-order valence-electron chi connectivity index (χ3n) is 4.59. The number of hydrogen-bond donors (Lipinski definition) is 1. The van der Waals surface area contributed by atoms with Crippen LogP contribution in [-0.2, 0) is 9.53 Å². The van der Waals surface area contributed by atoms with Gasteiger partial charge in [0, 0.05) is 5.92 Å². The highest BCUT2D eigenvalue weighted by Crippen LogP contribution is 2.35. The molecular formula is C17H29N3O2S. The topological polar surface area (TPSA) is 67.9 Å². The van der Waals surface area contributed by atoms with Gasteiger partial charge >= 0.3 is 5.97 Å². The van der Waals surface area contributed by atoms with Crippen LogP contribution < -0.4 is 0 Å². The van der Waals surface area contributed by atoms with Crippen molar-refractivity contribution in [3.05, 3.63) is 5.82 Å². The number of nitrogens with one attached hydrogen (secondary N) is 1. The fourth-order valence-corrected chi connectivity index (χ4v) is 3.75. The van der Waals surface area contributed by atoms with Gasteiger partial charge in [-0.15, -0.1) is 5.10 Å². The third kappa shape index (κ3) is 5.23. The molecule has 1 heterocycles. The number of esters is 1. The van der Waals surface area contributed by atoms with E-state index >= 15 is 0 Å². The number of aromatic amines is 1. The molecule has 1 saturated carbocycles. The highest BCUT2D eigenvalue weighted by atomic mass is 32.2. The molecule has 1 N–H and O–H groups in total. The standard InChI is InChI=1S/C17H29N3O2S/c1-10(2)13-7-6-12(5)8-14(13)22-15(21)9-23-17-18-16(11(3)4)19-20-17/h10-14H,6-9H2,1-5H3,(H,18,19,20). The van der Waals surface area contributed by atoms with Gasteiger partial charge in [-0.25, -0.2) is 4.98 Å². The summed E-state index contributed by atoms with van der Waals surface area (Å²) in [6.07, 6.45) is 3.44. The van der Waals surface area contributed by atoms with E-state index in [1.807, 2.05) is 0 Å². The second kappa shape index (κ2) is 8.18. The fourth-order valence-electron chi connectivity index (χ4n) is 3.16. The minimum atomic E-state index is -0.157. The van der Waals surface area contributed by atoms with Gasteiger partial charge in [0.15, 0.2) is 0 Å².